The number of likely N-dealkylation sites (N-methyl/N-ethyl adjacent to an activating group) is 1. The van der Waals surface area contributed by atoms with Gasteiger partial charge in [-0.1, -0.05) is 12.1 Å². The van der Waals surface area contributed by atoms with Crippen LogP contribution in [0, 0.1) is 0 Å². The van der Waals surface area contributed by atoms with Crippen LogP contribution in [0.3, 0.4) is 0 Å². The van der Waals surface area contributed by atoms with Crippen molar-refractivity contribution in [1.82, 2.24) is 9.80 Å². The molecular formula is C17H23N3O5. The lowest BCUT2D eigenvalue weighted by Crippen LogP contribution is -2.37. The van der Waals surface area contributed by atoms with Crippen LogP contribution in [0.1, 0.15) is 11.7 Å². The van der Waals surface area contributed by atoms with E-state index in [1.807, 2.05) is 0 Å². The van der Waals surface area contributed by atoms with Crippen molar-refractivity contribution in [2.75, 3.05) is 39.2 Å². The highest BCUT2D eigenvalue weighted by atomic mass is 16.3. The van der Waals surface area contributed by atoms with E-state index >= 15 is 0 Å². The molecule has 8 nitrogen and oxygen atoms in total. The largest absolute Gasteiger partial charge is 0.395 e. The van der Waals surface area contributed by atoms with Crippen LogP contribution >= 0.6 is 0 Å². The van der Waals surface area contributed by atoms with Crippen molar-refractivity contribution in [2.24, 2.45) is 0 Å². The highest BCUT2D eigenvalue weighted by Gasteiger charge is 2.30. The summed E-state index contributed by atoms with van der Waals surface area (Å²) in [4.78, 5) is 26.5. The molecule has 0 radical (unpaired) electrons. The van der Waals surface area contributed by atoms with Crippen molar-refractivity contribution in [3.8, 4) is 0 Å². The first-order chi connectivity index (χ1) is 11.9. The third-order valence-corrected chi connectivity index (χ3v) is 4.08. The molecule has 1 aliphatic heterocycles. The predicted molar refractivity (Wildman–Crippen MR) is 91.5 cm³/mol. The summed E-state index contributed by atoms with van der Waals surface area (Å²) >= 11 is 0. The highest BCUT2D eigenvalue weighted by molar-refractivity contribution is 6.17. The van der Waals surface area contributed by atoms with E-state index in [2.05, 4.69) is 5.32 Å². The smallest absolute Gasteiger partial charge is 0.277 e. The molecule has 25 heavy (non-hydrogen) atoms. The number of nitrogens with zero attached hydrogens (tertiary/aromatic N) is 2. The van der Waals surface area contributed by atoms with E-state index in [1.165, 1.54) is 6.08 Å². The third-order valence-electron chi connectivity index (χ3n) is 4.08. The maximum atomic E-state index is 12.1. The van der Waals surface area contributed by atoms with Crippen LogP contribution in [0.2, 0.25) is 0 Å². The maximum absolute atomic E-state index is 12.1. The molecule has 1 heterocycles. The molecule has 136 valence electrons. The van der Waals surface area contributed by atoms with Gasteiger partial charge in [0.15, 0.2) is 0 Å². The van der Waals surface area contributed by atoms with Crippen LogP contribution in [0.4, 0.5) is 5.69 Å². The van der Waals surface area contributed by atoms with Crippen molar-refractivity contribution in [1.29, 1.82) is 0 Å². The Labute approximate surface area is 146 Å². The SMILES string of the molecule is CN(C)C(CO)C(O)c1ccc(NC2=CC(=O)N(CCO)C2=O)cc1. The Morgan fingerprint density at radius 1 is 1.16 bits per heavy atom. The molecule has 2 atom stereocenters. The Morgan fingerprint density at radius 2 is 1.80 bits per heavy atom. The van der Waals surface area contributed by atoms with E-state index in [-0.39, 0.29) is 25.5 Å². The Hall–Kier alpha value is -2.26. The van der Waals surface area contributed by atoms with Crippen LogP contribution < -0.4 is 5.32 Å². The fraction of sp³-hybridized carbons (Fsp3) is 0.412. The van der Waals surface area contributed by atoms with Gasteiger partial charge in [0.25, 0.3) is 11.8 Å². The summed E-state index contributed by atoms with van der Waals surface area (Å²) in [5, 5.41) is 31.5. The lowest BCUT2D eigenvalue weighted by molar-refractivity contribution is -0.137. The minimum Gasteiger partial charge on any atom is -0.395 e. The van der Waals surface area contributed by atoms with Crippen LogP contribution in [-0.4, -0.2) is 76.8 Å². The van der Waals surface area contributed by atoms with Gasteiger partial charge in [-0.3, -0.25) is 14.5 Å². The number of aliphatic hydroxyl groups is 3. The topological polar surface area (TPSA) is 113 Å². The van der Waals surface area contributed by atoms with E-state index in [9.17, 15) is 19.8 Å². The van der Waals surface area contributed by atoms with Crippen LogP contribution in [-0.2, 0) is 9.59 Å². The monoisotopic (exact) mass is 349 g/mol. The van der Waals surface area contributed by atoms with Crippen molar-refractivity contribution < 1.29 is 24.9 Å². The third kappa shape index (κ3) is 4.23. The highest BCUT2D eigenvalue weighted by Crippen LogP contribution is 2.23. The quantitative estimate of drug-likeness (QED) is 0.459. The average Bonchev–Trinajstić information content (AvgIpc) is 2.83. The van der Waals surface area contributed by atoms with Crippen LogP contribution in [0.5, 0.6) is 0 Å². The number of benzene rings is 1. The molecule has 0 saturated carbocycles. The van der Waals surface area contributed by atoms with Gasteiger partial charge in [0.2, 0.25) is 0 Å². The fourth-order valence-electron chi connectivity index (χ4n) is 2.60. The van der Waals surface area contributed by atoms with Gasteiger partial charge in [0.05, 0.1) is 31.9 Å². The number of β-amino-alcohol motifs (C(OH)–C–C–N with tert-alkyl or cyclic N) is 1. The fourth-order valence-corrected chi connectivity index (χ4v) is 2.60. The molecule has 1 aliphatic rings. The number of hydrogen-bond acceptors (Lipinski definition) is 7. The molecule has 2 rings (SSSR count). The van der Waals surface area contributed by atoms with E-state index in [1.54, 1.807) is 43.3 Å². The molecule has 4 N–H and O–H groups in total. The van der Waals surface area contributed by atoms with Crippen molar-refractivity contribution in [3.63, 3.8) is 0 Å². The summed E-state index contributed by atoms with van der Waals surface area (Å²) in [7, 11) is 3.54. The first-order valence-electron chi connectivity index (χ1n) is 7.89. The first-order valence-corrected chi connectivity index (χ1v) is 7.89. The van der Waals surface area contributed by atoms with E-state index in [0.717, 1.165) is 4.90 Å². The molecule has 0 spiro atoms. The summed E-state index contributed by atoms with van der Waals surface area (Å²) in [5.74, 6) is -0.957. The van der Waals surface area contributed by atoms with Crippen molar-refractivity contribution in [3.05, 3.63) is 41.6 Å². The van der Waals surface area contributed by atoms with Gasteiger partial charge >= 0.3 is 0 Å². The number of amides is 2. The lowest BCUT2D eigenvalue weighted by Gasteiger charge is -2.27. The van der Waals surface area contributed by atoms with Crippen molar-refractivity contribution >= 4 is 17.5 Å². The van der Waals surface area contributed by atoms with Gasteiger partial charge in [-0.2, -0.15) is 0 Å². The molecule has 1 aromatic carbocycles. The summed E-state index contributed by atoms with van der Waals surface area (Å²) < 4.78 is 0. The maximum Gasteiger partial charge on any atom is 0.277 e. The molecule has 0 saturated heterocycles. The minimum absolute atomic E-state index is 0.0441. The molecule has 0 aromatic heterocycles. The van der Waals surface area contributed by atoms with E-state index < -0.39 is 24.0 Å². The predicted octanol–water partition coefficient (Wildman–Crippen LogP) is -0.701. The number of hydrogen-bond donors (Lipinski definition) is 4. The zero-order valence-corrected chi connectivity index (χ0v) is 14.2. The molecule has 0 fully saturated rings. The standard InChI is InChI=1S/C17H23N3O5/c1-19(2)14(10-22)16(24)11-3-5-12(6-4-11)18-13-9-15(23)20(7-8-21)17(13)25/h3-6,9,14,16,18,21-22,24H,7-8,10H2,1-2H3. The molecular weight excluding hydrogens is 326 g/mol. The van der Waals surface area contributed by atoms with Gasteiger partial charge in [-0.25, -0.2) is 0 Å². The zero-order valence-electron chi connectivity index (χ0n) is 14.2. The number of carbonyl (C=O) groups excluding carboxylic acids is 2. The average molecular weight is 349 g/mol. The van der Waals surface area contributed by atoms with Crippen molar-refractivity contribution in [2.45, 2.75) is 12.1 Å². The summed E-state index contributed by atoms with van der Waals surface area (Å²) in [6.45, 7) is -0.515. The molecule has 0 bridgehead atoms. The van der Waals surface area contributed by atoms with Gasteiger partial charge < -0.3 is 25.5 Å². The lowest BCUT2D eigenvalue weighted by atomic mass is 10.0. The van der Waals surface area contributed by atoms with E-state index in [4.69, 9.17) is 5.11 Å². The Bertz CT molecular complexity index is 657. The Balaban J connectivity index is 2.07. The van der Waals surface area contributed by atoms with Gasteiger partial charge in [0, 0.05) is 11.8 Å². The van der Waals surface area contributed by atoms with Crippen LogP contribution in [0.25, 0.3) is 0 Å². The van der Waals surface area contributed by atoms with Gasteiger partial charge in [0.1, 0.15) is 5.70 Å². The normalized spacial score (nSPS) is 17.0. The Kier molecular flexibility index (Phi) is 6.27. The summed E-state index contributed by atoms with van der Waals surface area (Å²) in [5.41, 5.74) is 1.34. The molecule has 1 aromatic rings. The molecule has 2 unspecified atom stereocenters. The Morgan fingerprint density at radius 3 is 2.32 bits per heavy atom. The minimum atomic E-state index is -0.858. The number of carbonyl (C=O) groups is 2. The first kappa shape index (κ1) is 19.1. The second kappa shape index (κ2) is 8.21. The summed E-state index contributed by atoms with van der Waals surface area (Å²) in [6.07, 6.45) is 0.331. The number of rotatable bonds is 8. The van der Waals surface area contributed by atoms with Gasteiger partial charge in [-0.05, 0) is 31.8 Å². The second-order valence-electron chi connectivity index (χ2n) is 5.98. The molecule has 0 aliphatic carbocycles. The van der Waals surface area contributed by atoms with Crippen LogP contribution in [0.15, 0.2) is 36.0 Å². The summed E-state index contributed by atoms with van der Waals surface area (Å²) in [6, 6.07) is 6.30. The number of aliphatic hydroxyl groups excluding tert-OH is 3. The van der Waals surface area contributed by atoms with Gasteiger partial charge in [-0.15, -0.1) is 0 Å². The second-order valence-corrected chi connectivity index (χ2v) is 5.98. The molecule has 8 heteroatoms. The zero-order chi connectivity index (χ0) is 18.6. The van der Waals surface area contributed by atoms with E-state index in [0.29, 0.717) is 11.3 Å². The molecule has 2 amide bonds. The number of imide groups is 1. The number of anilines is 1. The number of nitrogens with one attached hydrogen (secondary N) is 1.